The molecular formula is C10H16OS. The van der Waals surface area contributed by atoms with Crippen molar-refractivity contribution in [1.82, 2.24) is 0 Å². The Morgan fingerprint density at radius 3 is 1.92 bits per heavy atom. The fourth-order valence-electron chi connectivity index (χ4n) is 0.989. The summed E-state index contributed by atoms with van der Waals surface area (Å²) in [5.41, 5.74) is 1.42. The molecule has 0 aliphatic rings. The van der Waals surface area contributed by atoms with Crippen LogP contribution >= 0.6 is 11.8 Å². The van der Waals surface area contributed by atoms with Gasteiger partial charge in [-0.3, -0.25) is 0 Å². The van der Waals surface area contributed by atoms with Crippen molar-refractivity contribution >= 4 is 11.8 Å². The molecule has 2 heteroatoms. The molecule has 0 spiro atoms. The maximum absolute atomic E-state index is 2.22. The summed E-state index contributed by atoms with van der Waals surface area (Å²) in [6.07, 6.45) is 2.10. The van der Waals surface area contributed by atoms with Gasteiger partial charge >= 0.3 is 0 Å². The lowest BCUT2D eigenvalue weighted by molar-refractivity contribution is 0.824. The second-order valence-corrected chi connectivity index (χ2v) is 3.81. The minimum absolute atomic E-state index is 0. The Kier molecular flexibility index (Phi) is 5.02. The SMILES string of the molecule is CSc1ccc(C(C)C)cc1.O. The Hall–Kier alpha value is -0.470. The van der Waals surface area contributed by atoms with E-state index in [1.807, 2.05) is 0 Å². The molecular weight excluding hydrogens is 168 g/mol. The lowest BCUT2D eigenvalue weighted by atomic mass is 10.0. The zero-order valence-electron chi connectivity index (χ0n) is 7.79. The van der Waals surface area contributed by atoms with Crippen molar-refractivity contribution in [3.63, 3.8) is 0 Å². The van der Waals surface area contributed by atoms with E-state index < -0.39 is 0 Å². The lowest BCUT2D eigenvalue weighted by Crippen LogP contribution is -1.85. The largest absolute Gasteiger partial charge is 0.412 e. The van der Waals surface area contributed by atoms with Gasteiger partial charge in [0.05, 0.1) is 0 Å². The van der Waals surface area contributed by atoms with Crippen molar-refractivity contribution in [1.29, 1.82) is 0 Å². The van der Waals surface area contributed by atoms with Crippen LogP contribution in [0, 0.1) is 0 Å². The Balaban J connectivity index is 0.00000121. The molecule has 0 amide bonds. The van der Waals surface area contributed by atoms with E-state index in [2.05, 4.69) is 44.4 Å². The number of benzene rings is 1. The normalized spacial score (nSPS) is 9.67. The van der Waals surface area contributed by atoms with Crippen LogP contribution in [0.15, 0.2) is 29.2 Å². The number of rotatable bonds is 2. The average Bonchev–Trinajstić information content (AvgIpc) is 2.05. The van der Waals surface area contributed by atoms with Gasteiger partial charge in [-0.05, 0) is 29.9 Å². The molecule has 1 aromatic carbocycles. The fraction of sp³-hybridized carbons (Fsp3) is 0.400. The molecule has 0 unspecified atom stereocenters. The maximum Gasteiger partial charge on any atom is 0.00693 e. The van der Waals surface area contributed by atoms with Crippen LogP contribution in [-0.4, -0.2) is 11.7 Å². The molecule has 0 saturated carbocycles. The van der Waals surface area contributed by atoms with E-state index in [0.717, 1.165) is 0 Å². The van der Waals surface area contributed by atoms with Gasteiger partial charge in [0.25, 0.3) is 0 Å². The first-order valence-electron chi connectivity index (χ1n) is 3.88. The summed E-state index contributed by atoms with van der Waals surface area (Å²) in [5, 5.41) is 0. The molecule has 68 valence electrons. The highest BCUT2D eigenvalue weighted by Crippen LogP contribution is 2.19. The van der Waals surface area contributed by atoms with E-state index >= 15 is 0 Å². The minimum Gasteiger partial charge on any atom is -0.412 e. The van der Waals surface area contributed by atoms with Crippen LogP contribution in [0.1, 0.15) is 25.3 Å². The summed E-state index contributed by atoms with van der Waals surface area (Å²) >= 11 is 1.79. The second-order valence-electron chi connectivity index (χ2n) is 2.93. The topological polar surface area (TPSA) is 31.5 Å². The van der Waals surface area contributed by atoms with Gasteiger partial charge in [0, 0.05) is 4.90 Å². The lowest BCUT2D eigenvalue weighted by Gasteiger charge is -2.04. The van der Waals surface area contributed by atoms with E-state index in [0.29, 0.717) is 5.92 Å². The summed E-state index contributed by atoms with van der Waals surface area (Å²) in [4.78, 5) is 1.34. The van der Waals surface area contributed by atoms with Crippen LogP contribution in [0.3, 0.4) is 0 Å². The highest BCUT2D eigenvalue weighted by molar-refractivity contribution is 7.98. The molecule has 0 fully saturated rings. The Labute approximate surface area is 78.5 Å². The third-order valence-corrected chi connectivity index (χ3v) is 2.53. The van der Waals surface area contributed by atoms with Crippen LogP contribution in [0.5, 0.6) is 0 Å². The molecule has 0 saturated heterocycles. The van der Waals surface area contributed by atoms with Crippen LogP contribution in [0.4, 0.5) is 0 Å². The zero-order chi connectivity index (χ0) is 8.27. The molecule has 0 aliphatic carbocycles. The van der Waals surface area contributed by atoms with E-state index in [9.17, 15) is 0 Å². The molecule has 1 nitrogen and oxygen atoms in total. The maximum atomic E-state index is 2.22. The number of thioether (sulfide) groups is 1. The number of hydrogen-bond donors (Lipinski definition) is 0. The van der Waals surface area contributed by atoms with Gasteiger partial charge in [-0.25, -0.2) is 0 Å². The Morgan fingerprint density at radius 2 is 1.58 bits per heavy atom. The second kappa shape index (κ2) is 5.22. The standard InChI is InChI=1S/C10H14S.H2O/c1-8(2)9-4-6-10(11-3)7-5-9;/h4-8H,1-3H3;1H2. The zero-order valence-corrected chi connectivity index (χ0v) is 8.61. The van der Waals surface area contributed by atoms with Gasteiger partial charge in [-0.2, -0.15) is 0 Å². The predicted octanol–water partition coefficient (Wildman–Crippen LogP) is 2.71. The molecule has 0 aromatic heterocycles. The van der Waals surface area contributed by atoms with Gasteiger partial charge in [0.15, 0.2) is 0 Å². The Bertz CT molecular complexity index is 216. The van der Waals surface area contributed by atoms with Crippen LogP contribution in [0.2, 0.25) is 0 Å². The van der Waals surface area contributed by atoms with Crippen LogP contribution < -0.4 is 0 Å². The van der Waals surface area contributed by atoms with E-state index in [1.165, 1.54) is 10.5 Å². The molecule has 0 atom stereocenters. The molecule has 0 radical (unpaired) electrons. The van der Waals surface area contributed by atoms with Crippen molar-refractivity contribution in [2.24, 2.45) is 0 Å². The minimum atomic E-state index is 0. The van der Waals surface area contributed by atoms with E-state index in [-0.39, 0.29) is 5.48 Å². The first-order chi connectivity index (χ1) is 5.24. The first kappa shape index (κ1) is 11.5. The van der Waals surface area contributed by atoms with Crippen molar-refractivity contribution in [2.45, 2.75) is 24.7 Å². The highest BCUT2D eigenvalue weighted by Gasteiger charge is 1.96. The summed E-state index contributed by atoms with van der Waals surface area (Å²) in [6.45, 7) is 4.43. The quantitative estimate of drug-likeness (QED) is 0.650. The molecule has 0 aliphatic heterocycles. The van der Waals surface area contributed by atoms with Crippen molar-refractivity contribution in [3.8, 4) is 0 Å². The number of hydrogen-bond acceptors (Lipinski definition) is 1. The summed E-state index contributed by atoms with van der Waals surface area (Å²) in [5.74, 6) is 0.644. The summed E-state index contributed by atoms with van der Waals surface area (Å²) < 4.78 is 0. The molecule has 2 N–H and O–H groups in total. The first-order valence-corrected chi connectivity index (χ1v) is 5.10. The fourth-order valence-corrected chi connectivity index (χ4v) is 1.40. The van der Waals surface area contributed by atoms with Crippen molar-refractivity contribution in [2.75, 3.05) is 6.26 Å². The third-order valence-electron chi connectivity index (χ3n) is 1.78. The third kappa shape index (κ3) is 2.88. The van der Waals surface area contributed by atoms with E-state index in [1.54, 1.807) is 11.8 Å². The predicted molar refractivity (Wildman–Crippen MR) is 55.9 cm³/mol. The molecule has 0 heterocycles. The van der Waals surface area contributed by atoms with Crippen LogP contribution in [-0.2, 0) is 0 Å². The molecule has 0 bridgehead atoms. The monoisotopic (exact) mass is 184 g/mol. The highest BCUT2D eigenvalue weighted by atomic mass is 32.2. The molecule has 12 heavy (non-hydrogen) atoms. The summed E-state index contributed by atoms with van der Waals surface area (Å²) in [7, 11) is 0. The summed E-state index contributed by atoms with van der Waals surface area (Å²) in [6, 6.07) is 8.77. The van der Waals surface area contributed by atoms with Crippen LogP contribution in [0.25, 0.3) is 0 Å². The Morgan fingerprint density at radius 1 is 1.08 bits per heavy atom. The van der Waals surface area contributed by atoms with Crippen molar-refractivity contribution in [3.05, 3.63) is 29.8 Å². The van der Waals surface area contributed by atoms with Gasteiger partial charge in [-0.15, -0.1) is 11.8 Å². The smallest absolute Gasteiger partial charge is 0.00693 e. The van der Waals surface area contributed by atoms with Crippen molar-refractivity contribution < 1.29 is 5.48 Å². The molecule has 1 aromatic rings. The van der Waals surface area contributed by atoms with Gasteiger partial charge < -0.3 is 5.48 Å². The average molecular weight is 184 g/mol. The van der Waals surface area contributed by atoms with Gasteiger partial charge in [0.1, 0.15) is 0 Å². The van der Waals surface area contributed by atoms with E-state index in [4.69, 9.17) is 0 Å². The van der Waals surface area contributed by atoms with Gasteiger partial charge in [0.2, 0.25) is 0 Å². The van der Waals surface area contributed by atoms with Gasteiger partial charge in [-0.1, -0.05) is 26.0 Å². The molecule has 1 rings (SSSR count).